The summed E-state index contributed by atoms with van der Waals surface area (Å²) in [6.45, 7) is 3.43. The molecule has 25 heteroatoms. The fourth-order valence-electron chi connectivity index (χ4n) is 12.6. The van der Waals surface area contributed by atoms with Gasteiger partial charge < -0.3 is 89.1 Å². The second-order valence-corrected chi connectivity index (χ2v) is 28.8. The lowest BCUT2D eigenvalue weighted by atomic mass is 9.84. The number of hydrogen-bond donors (Lipinski definition) is 11. The Labute approximate surface area is 580 Å². The van der Waals surface area contributed by atoms with Gasteiger partial charge in [0, 0.05) is 19.3 Å². The SMILES string of the molecule is CCCCCCCCC/C=C\CCCCCC(=O)OC(COC(=O)CCCCCCCCCCCCCCCCCCC)COP(=O)(O)OC1C(OC2OC(CO)C(O)C(O)C2O)C(O)C(O)C(O)C1OC1OC(COC(=O)CCCCCCCCCCCCC)C(O)C(O)C1O. The lowest BCUT2D eigenvalue weighted by Gasteiger charge is -2.49. The minimum Gasteiger partial charge on any atom is -0.463 e. The molecule has 18 unspecified atom stereocenters. The summed E-state index contributed by atoms with van der Waals surface area (Å²) in [7, 11) is -5.70. The van der Waals surface area contributed by atoms with E-state index in [2.05, 4.69) is 32.9 Å². The first kappa shape index (κ1) is 88.9. The van der Waals surface area contributed by atoms with Gasteiger partial charge in [0.2, 0.25) is 0 Å². The van der Waals surface area contributed by atoms with E-state index in [9.17, 15) is 74.9 Å². The number of phosphoric ester groups is 1. The van der Waals surface area contributed by atoms with Crippen LogP contribution >= 0.6 is 7.82 Å². The van der Waals surface area contributed by atoms with E-state index in [1.54, 1.807) is 0 Å². The number of hydrogen-bond acceptors (Lipinski definition) is 23. The summed E-state index contributed by atoms with van der Waals surface area (Å²) >= 11 is 0. The van der Waals surface area contributed by atoms with Crippen LogP contribution in [-0.2, 0) is 61.2 Å². The van der Waals surface area contributed by atoms with Crippen LogP contribution < -0.4 is 0 Å². The third kappa shape index (κ3) is 37.6. The number of aliphatic hydroxyl groups excluding tert-OH is 10. The molecule has 0 radical (unpaired) electrons. The van der Waals surface area contributed by atoms with E-state index < -0.39 is 156 Å². The fourth-order valence-corrected chi connectivity index (χ4v) is 13.5. The quantitative estimate of drug-likeness (QED) is 0.00886. The predicted molar refractivity (Wildman–Crippen MR) is 365 cm³/mol. The molecule has 0 aromatic carbocycles. The van der Waals surface area contributed by atoms with Crippen LogP contribution in [0.3, 0.4) is 0 Å². The average Bonchev–Trinajstić information content (AvgIpc) is 0.777. The van der Waals surface area contributed by atoms with Crippen molar-refractivity contribution in [1.29, 1.82) is 0 Å². The van der Waals surface area contributed by atoms with Gasteiger partial charge in [0.25, 0.3) is 0 Å². The van der Waals surface area contributed by atoms with E-state index in [-0.39, 0.29) is 19.3 Å². The Morgan fingerprint density at radius 2 is 0.722 bits per heavy atom. The van der Waals surface area contributed by atoms with Crippen LogP contribution in [0.1, 0.15) is 297 Å². The monoisotopic (exact) mass is 1410 g/mol. The van der Waals surface area contributed by atoms with Gasteiger partial charge in [-0.15, -0.1) is 0 Å². The molecule has 0 amide bonds. The van der Waals surface area contributed by atoms with E-state index >= 15 is 0 Å². The van der Waals surface area contributed by atoms with Crippen molar-refractivity contribution in [3.8, 4) is 0 Å². The summed E-state index contributed by atoms with van der Waals surface area (Å²) < 4.78 is 65.0. The summed E-state index contributed by atoms with van der Waals surface area (Å²) in [6.07, 6.45) is 12.9. The van der Waals surface area contributed by atoms with Gasteiger partial charge in [-0.25, -0.2) is 4.57 Å². The molecular weight excluding hydrogens is 1280 g/mol. The van der Waals surface area contributed by atoms with Crippen molar-refractivity contribution >= 4 is 25.7 Å². The fraction of sp³-hybridized carbons (Fsp3) is 0.931. The summed E-state index contributed by atoms with van der Waals surface area (Å²) in [5.41, 5.74) is 0. The van der Waals surface area contributed by atoms with Gasteiger partial charge in [0.15, 0.2) is 18.7 Å². The molecule has 0 aromatic heterocycles. The minimum atomic E-state index is -5.70. The standard InChI is InChI=1S/C72H133O24P/c1-4-7-10-13-16-19-22-24-26-27-28-30-32-35-37-40-43-46-56(74)88-50-53(91-58(76)48-45-42-39-36-33-29-25-23-20-17-14-11-8-5-2)51-90-97(86,87)96-70-68(94-71-66(84)61(79)59(77)54(49-73)92-71)64(82)63(81)65(83)69(70)95-72-67(85)62(80)60(78)55(93-72)52-89-57(75)47-44-41-38-34-31-21-18-15-12-9-6-3/h29,33,53-55,59-73,77-85H,4-28,30-32,34-52H2,1-3H3,(H,86,87)/b33-29-. The largest absolute Gasteiger partial charge is 0.472 e. The van der Waals surface area contributed by atoms with Crippen LogP contribution in [0.2, 0.25) is 0 Å². The highest BCUT2D eigenvalue weighted by Crippen LogP contribution is 2.49. The minimum absolute atomic E-state index is 0.0310. The number of aliphatic hydroxyl groups is 10. The van der Waals surface area contributed by atoms with Crippen LogP contribution in [0.4, 0.5) is 0 Å². The zero-order chi connectivity index (χ0) is 71.1. The predicted octanol–water partition coefficient (Wildman–Crippen LogP) is 10.4. The van der Waals surface area contributed by atoms with Crippen LogP contribution in [0.15, 0.2) is 12.2 Å². The Balaban J connectivity index is 1.73. The highest BCUT2D eigenvalue weighted by molar-refractivity contribution is 7.47. The Morgan fingerprint density at radius 1 is 0.392 bits per heavy atom. The maximum Gasteiger partial charge on any atom is 0.472 e. The Bertz CT molecular complexity index is 2060. The number of rotatable bonds is 59. The first-order valence-corrected chi connectivity index (χ1v) is 39.5. The van der Waals surface area contributed by atoms with Gasteiger partial charge >= 0.3 is 25.7 Å². The summed E-state index contributed by atoms with van der Waals surface area (Å²) in [6, 6.07) is 0. The molecule has 0 aromatic rings. The zero-order valence-corrected chi connectivity index (χ0v) is 60.3. The van der Waals surface area contributed by atoms with Gasteiger partial charge in [0.1, 0.15) is 98.7 Å². The van der Waals surface area contributed by atoms with Crippen molar-refractivity contribution in [2.75, 3.05) is 26.4 Å². The lowest BCUT2D eigenvalue weighted by molar-refractivity contribution is -0.360. The molecule has 0 spiro atoms. The van der Waals surface area contributed by atoms with E-state index in [0.717, 1.165) is 83.5 Å². The molecule has 2 saturated heterocycles. The maximum atomic E-state index is 14.3. The van der Waals surface area contributed by atoms with Gasteiger partial charge in [-0.2, -0.15) is 0 Å². The van der Waals surface area contributed by atoms with Gasteiger partial charge in [-0.1, -0.05) is 245 Å². The molecule has 1 saturated carbocycles. The second kappa shape index (κ2) is 54.4. The van der Waals surface area contributed by atoms with E-state index in [4.69, 9.17) is 42.2 Å². The molecule has 2 heterocycles. The number of carbonyl (C=O) groups excluding carboxylic acids is 3. The van der Waals surface area contributed by atoms with E-state index in [0.29, 0.717) is 25.7 Å². The number of allylic oxidation sites excluding steroid dienone is 2. The van der Waals surface area contributed by atoms with Gasteiger partial charge in [-0.3, -0.25) is 23.4 Å². The number of unbranched alkanes of at least 4 members (excludes halogenated alkanes) is 36. The highest BCUT2D eigenvalue weighted by atomic mass is 31.2. The molecule has 3 rings (SSSR count). The average molecular weight is 1410 g/mol. The van der Waals surface area contributed by atoms with Crippen molar-refractivity contribution in [3.05, 3.63) is 12.2 Å². The lowest BCUT2D eigenvalue weighted by Crippen LogP contribution is -2.69. The summed E-state index contributed by atoms with van der Waals surface area (Å²) in [5.74, 6) is -2.00. The Kier molecular flexibility index (Phi) is 49.8. The molecule has 97 heavy (non-hydrogen) atoms. The third-order valence-electron chi connectivity index (χ3n) is 18.8. The van der Waals surface area contributed by atoms with E-state index in [1.165, 1.54) is 148 Å². The topological polar surface area (TPSA) is 374 Å². The van der Waals surface area contributed by atoms with Crippen molar-refractivity contribution < 1.29 is 117 Å². The van der Waals surface area contributed by atoms with Gasteiger partial charge in [-0.05, 0) is 44.9 Å². The van der Waals surface area contributed by atoms with Gasteiger partial charge in [0.05, 0.1) is 13.2 Å². The summed E-state index contributed by atoms with van der Waals surface area (Å²) in [4.78, 5) is 51.0. The summed E-state index contributed by atoms with van der Waals surface area (Å²) in [5, 5.41) is 110. The number of ether oxygens (including phenoxy) is 7. The molecule has 570 valence electrons. The van der Waals surface area contributed by atoms with E-state index in [1.807, 2.05) is 0 Å². The number of phosphoric acid groups is 1. The second-order valence-electron chi connectivity index (χ2n) is 27.4. The number of carbonyl (C=O) groups is 3. The van der Waals surface area contributed by atoms with Crippen LogP contribution in [0, 0.1) is 0 Å². The molecule has 2 aliphatic heterocycles. The molecular formula is C72H133O24P. The van der Waals surface area contributed by atoms with Crippen molar-refractivity contribution in [3.63, 3.8) is 0 Å². The number of esters is 3. The molecule has 11 N–H and O–H groups in total. The van der Waals surface area contributed by atoms with Crippen molar-refractivity contribution in [2.45, 2.75) is 401 Å². The highest BCUT2D eigenvalue weighted by Gasteiger charge is 2.58. The molecule has 24 nitrogen and oxygen atoms in total. The molecule has 3 fully saturated rings. The van der Waals surface area contributed by atoms with Crippen LogP contribution in [0.25, 0.3) is 0 Å². The normalized spacial score (nSPS) is 27.8. The Hall–Kier alpha value is -2.30. The first-order valence-electron chi connectivity index (χ1n) is 38.0. The van der Waals surface area contributed by atoms with Crippen LogP contribution in [0.5, 0.6) is 0 Å². The first-order chi connectivity index (χ1) is 46.8. The maximum absolute atomic E-state index is 14.3. The van der Waals surface area contributed by atoms with Crippen molar-refractivity contribution in [1.82, 2.24) is 0 Å². The third-order valence-corrected chi connectivity index (χ3v) is 19.8. The molecule has 1 aliphatic carbocycles. The van der Waals surface area contributed by atoms with Crippen LogP contribution in [-0.4, -0.2) is 204 Å². The molecule has 0 bridgehead atoms. The molecule has 18 atom stereocenters. The Morgan fingerprint density at radius 3 is 1.12 bits per heavy atom. The zero-order valence-electron chi connectivity index (χ0n) is 59.4. The smallest absolute Gasteiger partial charge is 0.463 e. The molecule has 3 aliphatic rings. The van der Waals surface area contributed by atoms with Crippen molar-refractivity contribution in [2.24, 2.45) is 0 Å².